The molecule has 0 spiro atoms. The summed E-state index contributed by atoms with van der Waals surface area (Å²) in [5.41, 5.74) is 2.40. The highest BCUT2D eigenvalue weighted by atomic mass is 32.2. The van der Waals surface area contributed by atoms with Crippen molar-refractivity contribution in [3.63, 3.8) is 0 Å². The lowest BCUT2D eigenvalue weighted by atomic mass is 10.2. The van der Waals surface area contributed by atoms with Crippen molar-refractivity contribution in [2.45, 2.75) is 16.5 Å². The van der Waals surface area contributed by atoms with E-state index in [1.165, 1.54) is 23.5 Å². The minimum absolute atomic E-state index is 0.144. The minimum Gasteiger partial charge on any atom is -0.495 e. The summed E-state index contributed by atoms with van der Waals surface area (Å²) in [6, 6.07) is 13.7. The Hall–Kier alpha value is -2.38. The molecule has 0 fully saturated rings. The van der Waals surface area contributed by atoms with E-state index >= 15 is 0 Å². The number of halogens is 1. The molecule has 1 amide bonds. The number of nitrogens with zero attached hydrogens (tertiary/aromatic N) is 1. The smallest absolute Gasteiger partial charge is 0.230 e. The first kappa shape index (κ1) is 18.4. The van der Waals surface area contributed by atoms with Crippen LogP contribution < -0.4 is 10.1 Å². The zero-order chi connectivity index (χ0) is 18.4. The Balaban J connectivity index is 1.54. The van der Waals surface area contributed by atoms with E-state index in [4.69, 9.17) is 4.74 Å². The number of anilines is 1. The molecule has 0 aliphatic carbocycles. The van der Waals surface area contributed by atoms with Crippen molar-refractivity contribution in [2.75, 3.05) is 12.4 Å². The monoisotopic (exact) mass is 388 g/mol. The first-order chi connectivity index (χ1) is 12.6. The summed E-state index contributed by atoms with van der Waals surface area (Å²) in [6.45, 7) is 0. The van der Waals surface area contributed by atoms with Gasteiger partial charge in [-0.3, -0.25) is 4.79 Å². The van der Waals surface area contributed by atoms with Crippen LogP contribution in [0.25, 0.3) is 0 Å². The molecule has 7 heteroatoms. The predicted octanol–water partition coefficient (Wildman–Crippen LogP) is 4.76. The van der Waals surface area contributed by atoms with Crippen molar-refractivity contribution < 1.29 is 13.9 Å². The minimum atomic E-state index is -0.239. The van der Waals surface area contributed by atoms with E-state index in [0.717, 1.165) is 15.6 Å². The van der Waals surface area contributed by atoms with Gasteiger partial charge in [0.1, 0.15) is 15.9 Å². The fourth-order valence-electron chi connectivity index (χ4n) is 2.27. The number of aromatic nitrogens is 1. The standard InChI is InChI=1S/C19H17FN2O2S2/c1-24-17-5-3-2-4-16(17)22-18(23)10-15-12-26-19(21-15)25-11-13-6-8-14(20)9-7-13/h2-9,12H,10-11H2,1H3,(H,22,23). The second kappa shape index (κ2) is 8.82. The third-order valence-corrected chi connectivity index (χ3v) is 5.67. The Kier molecular flexibility index (Phi) is 6.25. The number of ether oxygens (including phenoxy) is 1. The van der Waals surface area contributed by atoms with Crippen LogP contribution in [0.3, 0.4) is 0 Å². The van der Waals surface area contributed by atoms with E-state index < -0.39 is 0 Å². The van der Waals surface area contributed by atoms with Crippen LogP contribution in [-0.4, -0.2) is 18.0 Å². The summed E-state index contributed by atoms with van der Waals surface area (Å²) in [4.78, 5) is 16.7. The van der Waals surface area contributed by atoms with Crippen molar-refractivity contribution in [1.29, 1.82) is 0 Å². The van der Waals surface area contributed by atoms with E-state index in [1.807, 2.05) is 17.5 Å². The summed E-state index contributed by atoms with van der Waals surface area (Å²) in [6.07, 6.45) is 0.200. The molecule has 3 rings (SSSR count). The Bertz CT molecular complexity index is 881. The molecule has 4 nitrogen and oxygen atoms in total. The first-order valence-electron chi connectivity index (χ1n) is 7.88. The molecule has 0 atom stereocenters. The molecule has 0 unspecified atom stereocenters. The molecule has 0 aliphatic rings. The van der Waals surface area contributed by atoms with Crippen LogP contribution in [-0.2, 0) is 17.0 Å². The van der Waals surface area contributed by atoms with Crippen LogP contribution in [0.1, 0.15) is 11.3 Å². The third-order valence-electron chi connectivity index (χ3n) is 3.53. The van der Waals surface area contributed by atoms with Crippen LogP contribution in [0.2, 0.25) is 0 Å². The molecule has 2 aromatic carbocycles. The lowest BCUT2D eigenvalue weighted by Gasteiger charge is -2.08. The Labute approximate surface area is 159 Å². The Morgan fingerprint density at radius 1 is 1.23 bits per heavy atom. The first-order valence-corrected chi connectivity index (χ1v) is 9.75. The van der Waals surface area contributed by atoms with Crippen molar-refractivity contribution in [2.24, 2.45) is 0 Å². The number of benzene rings is 2. The number of rotatable bonds is 7. The number of para-hydroxylation sites is 2. The number of amides is 1. The molecular formula is C19H17FN2O2S2. The second-order valence-electron chi connectivity index (χ2n) is 5.45. The largest absolute Gasteiger partial charge is 0.495 e. The van der Waals surface area contributed by atoms with Crippen LogP contribution in [0, 0.1) is 5.82 Å². The molecule has 3 aromatic rings. The summed E-state index contributed by atoms with van der Waals surface area (Å²) >= 11 is 3.07. The number of methoxy groups -OCH3 is 1. The van der Waals surface area contributed by atoms with Gasteiger partial charge in [-0.2, -0.15) is 0 Å². The fraction of sp³-hybridized carbons (Fsp3) is 0.158. The molecule has 0 radical (unpaired) electrons. The van der Waals surface area contributed by atoms with Gasteiger partial charge in [-0.05, 0) is 29.8 Å². The van der Waals surface area contributed by atoms with Crippen LogP contribution in [0.5, 0.6) is 5.75 Å². The van der Waals surface area contributed by atoms with Crippen molar-refractivity contribution >= 4 is 34.7 Å². The number of hydrogen-bond acceptors (Lipinski definition) is 5. The van der Waals surface area contributed by atoms with E-state index in [2.05, 4.69) is 10.3 Å². The van der Waals surface area contributed by atoms with E-state index in [0.29, 0.717) is 17.2 Å². The molecule has 0 saturated carbocycles. The maximum Gasteiger partial charge on any atom is 0.230 e. The van der Waals surface area contributed by atoms with Crippen LogP contribution >= 0.6 is 23.1 Å². The predicted molar refractivity (Wildman–Crippen MR) is 103 cm³/mol. The van der Waals surface area contributed by atoms with Gasteiger partial charge in [0.05, 0.1) is 24.9 Å². The zero-order valence-electron chi connectivity index (χ0n) is 14.1. The highest BCUT2D eigenvalue weighted by Gasteiger charge is 2.11. The Morgan fingerprint density at radius 3 is 2.77 bits per heavy atom. The second-order valence-corrected chi connectivity index (χ2v) is 7.53. The van der Waals surface area contributed by atoms with Gasteiger partial charge in [0, 0.05) is 11.1 Å². The normalized spacial score (nSPS) is 10.5. The van der Waals surface area contributed by atoms with Gasteiger partial charge in [-0.25, -0.2) is 9.37 Å². The number of carbonyl (C=O) groups excluding carboxylic acids is 1. The van der Waals surface area contributed by atoms with E-state index in [9.17, 15) is 9.18 Å². The van der Waals surface area contributed by atoms with Gasteiger partial charge in [0.2, 0.25) is 5.91 Å². The average Bonchev–Trinajstić information content (AvgIpc) is 3.09. The molecular weight excluding hydrogens is 371 g/mol. The third kappa shape index (κ3) is 5.06. The lowest BCUT2D eigenvalue weighted by Crippen LogP contribution is -2.15. The van der Waals surface area contributed by atoms with Gasteiger partial charge < -0.3 is 10.1 Å². The zero-order valence-corrected chi connectivity index (χ0v) is 15.7. The van der Waals surface area contributed by atoms with E-state index in [-0.39, 0.29) is 18.1 Å². The van der Waals surface area contributed by atoms with E-state index in [1.54, 1.807) is 43.1 Å². The molecule has 1 aromatic heterocycles. The maximum absolute atomic E-state index is 12.9. The van der Waals surface area contributed by atoms with Crippen LogP contribution in [0.4, 0.5) is 10.1 Å². The molecule has 0 saturated heterocycles. The quantitative estimate of drug-likeness (QED) is 0.593. The van der Waals surface area contributed by atoms with Gasteiger partial charge in [-0.15, -0.1) is 11.3 Å². The number of hydrogen-bond donors (Lipinski definition) is 1. The number of thioether (sulfide) groups is 1. The summed E-state index contributed by atoms with van der Waals surface area (Å²) in [5.74, 6) is 0.946. The molecule has 1 heterocycles. The number of thiazole rings is 1. The lowest BCUT2D eigenvalue weighted by molar-refractivity contribution is -0.115. The fourth-order valence-corrected chi connectivity index (χ4v) is 4.07. The Morgan fingerprint density at radius 2 is 2.00 bits per heavy atom. The summed E-state index contributed by atoms with van der Waals surface area (Å²) < 4.78 is 19.0. The SMILES string of the molecule is COc1ccccc1NC(=O)Cc1csc(SCc2ccc(F)cc2)n1. The van der Waals surface area contributed by atoms with Gasteiger partial charge in [-0.1, -0.05) is 36.0 Å². The van der Waals surface area contributed by atoms with Crippen molar-refractivity contribution in [3.05, 3.63) is 71.0 Å². The molecule has 0 aliphatic heterocycles. The topological polar surface area (TPSA) is 51.2 Å². The number of carbonyl (C=O) groups is 1. The maximum atomic E-state index is 12.9. The van der Waals surface area contributed by atoms with Crippen LogP contribution in [0.15, 0.2) is 58.3 Å². The van der Waals surface area contributed by atoms with Crippen molar-refractivity contribution in [1.82, 2.24) is 4.98 Å². The molecule has 1 N–H and O–H groups in total. The molecule has 0 bridgehead atoms. The van der Waals surface area contributed by atoms with Gasteiger partial charge in [0.25, 0.3) is 0 Å². The highest BCUT2D eigenvalue weighted by Crippen LogP contribution is 2.27. The summed E-state index contributed by atoms with van der Waals surface area (Å²) in [5, 5.41) is 4.72. The van der Waals surface area contributed by atoms with Gasteiger partial charge in [0.15, 0.2) is 0 Å². The molecule has 134 valence electrons. The molecule has 26 heavy (non-hydrogen) atoms. The highest BCUT2D eigenvalue weighted by molar-refractivity contribution is 8.00. The van der Waals surface area contributed by atoms with Crippen molar-refractivity contribution in [3.8, 4) is 5.75 Å². The van der Waals surface area contributed by atoms with Gasteiger partial charge >= 0.3 is 0 Å². The summed E-state index contributed by atoms with van der Waals surface area (Å²) in [7, 11) is 1.57. The average molecular weight is 388 g/mol. The number of nitrogens with one attached hydrogen (secondary N) is 1.